The Hall–Kier alpha value is -2.81. The normalized spacial score (nSPS) is 14.3. The van der Waals surface area contributed by atoms with Crippen LogP contribution in [0.2, 0.25) is 5.02 Å². The first-order valence-electron chi connectivity index (χ1n) is 8.80. The van der Waals surface area contributed by atoms with Crippen LogP contribution in [0, 0.1) is 10.1 Å². The Morgan fingerprint density at radius 2 is 1.93 bits per heavy atom. The maximum absolute atomic E-state index is 13.0. The van der Waals surface area contributed by atoms with E-state index in [2.05, 4.69) is 5.32 Å². The molecular formula is C19H17ClF3N3O3. The molecule has 3 rings (SSSR count). The van der Waals surface area contributed by atoms with Crippen LogP contribution < -0.4 is 5.32 Å². The Morgan fingerprint density at radius 1 is 1.21 bits per heavy atom. The van der Waals surface area contributed by atoms with Crippen LogP contribution in [0.25, 0.3) is 0 Å². The van der Waals surface area contributed by atoms with Crippen molar-refractivity contribution in [3.63, 3.8) is 0 Å². The number of hydrogen-bond acceptors (Lipinski definition) is 4. The van der Waals surface area contributed by atoms with Crippen LogP contribution in [0.1, 0.15) is 29.5 Å². The molecule has 0 saturated carbocycles. The zero-order valence-electron chi connectivity index (χ0n) is 15.1. The highest BCUT2D eigenvalue weighted by molar-refractivity contribution is 6.31. The fourth-order valence-electron chi connectivity index (χ4n) is 3.20. The maximum atomic E-state index is 13.0. The molecule has 1 N–H and O–H groups in total. The van der Waals surface area contributed by atoms with Gasteiger partial charge in [-0.3, -0.25) is 14.9 Å². The van der Waals surface area contributed by atoms with Crippen LogP contribution in [0.15, 0.2) is 36.4 Å². The number of carbonyl (C=O) groups is 1. The minimum atomic E-state index is -4.79. The monoisotopic (exact) mass is 427 g/mol. The van der Waals surface area contributed by atoms with E-state index >= 15 is 0 Å². The maximum Gasteiger partial charge on any atom is 0.418 e. The van der Waals surface area contributed by atoms with Crippen LogP contribution in [0.3, 0.4) is 0 Å². The van der Waals surface area contributed by atoms with Crippen molar-refractivity contribution in [3.05, 3.63) is 68.2 Å². The van der Waals surface area contributed by atoms with Crippen molar-refractivity contribution in [1.82, 2.24) is 4.90 Å². The zero-order valence-corrected chi connectivity index (χ0v) is 15.9. The first-order valence-corrected chi connectivity index (χ1v) is 9.17. The van der Waals surface area contributed by atoms with E-state index in [1.54, 1.807) is 17.0 Å². The second-order valence-electron chi connectivity index (χ2n) is 6.70. The zero-order chi connectivity index (χ0) is 21.2. The van der Waals surface area contributed by atoms with Crippen LogP contribution in [-0.4, -0.2) is 22.3 Å². The number of halogens is 4. The topological polar surface area (TPSA) is 75.5 Å². The Labute approximate surface area is 169 Å². The van der Waals surface area contributed by atoms with Gasteiger partial charge in [-0.2, -0.15) is 13.2 Å². The minimum Gasteiger partial charge on any atom is -0.375 e. The van der Waals surface area contributed by atoms with Crippen molar-refractivity contribution >= 4 is 28.9 Å². The summed E-state index contributed by atoms with van der Waals surface area (Å²) in [5, 5.41) is 13.4. The van der Waals surface area contributed by atoms with Crippen molar-refractivity contribution < 1.29 is 22.9 Å². The van der Waals surface area contributed by atoms with Crippen LogP contribution in [0.5, 0.6) is 0 Å². The van der Waals surface area contributed by atoms with Gasteiger partial charge in [-0.1, -0.05) is 35.9 Å². The molecular weight excluding hydrogens is 411 g/mol. The molecule has 1 saturated heterocycles. The molecule has 1 amide bonds. The molecule has 0 aliphatic carbocycles. The summed E-state index contributed by atoms with van der Waals surface area (Å²) >= 11 is 5.69. The summed E-state index contributed by atoms with van der Waals surface area (Å²) in [4.78, 5) is 23.9. The molecule has 154 valence electrons. The molecule has 10 heteroatoms. The average Bonchev–Trinajstić information content (AvgIpc) is 3.03. The third-order valence-electron chi connectivity index (χ3n) is 4.61. The van der Waals surface area contributed by atoms with Crippen molar-refractivity contribution in [2.45, 2.75) is 32.1 Å². The van der Waals surface area contributed by atoms with Crippen molar-refractivity contribution in [2.75, 3.05) is 11.9 Å². The fourth-order valence-corrected chi connectivity index (χ4v) is 3.47. The lowest BCUT2D eigenvalue weighted by atomic mass is 10.1. The summed E-state index contributed by atoms with van der Waals surface area (Å²) in [6, 6.07) is 8.62. The number of benzene rings is 2. The number of hydrogen-bond donors (Lipinski definition) is 1. The molecule has 1 heterocycles. The molecule has 1 aliphatic rings. The van der Waals surface area contributed by atoms with Crippen LogP contribution >= 0.6 is 11.6 Å². The van der Waals surface area contributed by atoms with E-state index in [0.717, 1.165) is 23.6 Å². The molecule has 1 fully saturated rings. The van der Waals surface area contributed by atoms with Gasteiger partial charge >= 0.3 is 6.18 Å². The molecule has 0 aromatic heterocycles. The van der Waals surface area contributed by atoms with Crippen LogP contribution in [-0.2, 0) is 24.1 Å². The second kappa shape index (κ2) is 8.28. The Balaban J connectivity index is 1.77. The van der Waals surface area contributed by atoms with Gasteiger partial charge in [-0.15, -0.1) is 0 Å². The predicted octanol–water partition coefficient (Wildman–Crippen LogP) is 5.00. The van der Waals surface area contributed by atoms with E-state index < -0.39 is 27.4 Å². The van der Waals surface area contributed by atoms with Crippen molar-refractivity contribution in [2.24, 2.45) is 0 Å². The molecule has 0 radical (unpaired) electrons. The quantitative estimate of drug-likeness (QED) is 0.520. The number of alkyl halides is 3. The summed E-state index contributed by atoms with van der Waals surface area (Å²) in [5.74, 6) is 0.101. The van der Waals surface area contributed by atoms with Gasteiger partial charge in [0.25, 0.3) is 5.69 Å². The van der Waals surface area contributed by atoms with E-state index in [0.29, 0.717) is 25.6 Å². The summed E-state index contributed by atoms with van der Waals surface area (Å²) in [7, 11) is 0. The standard InChI is InChI=1S/C19H17ClF3N3O3/c20-15-9-16(17(26(28)29)8-14(15)19(21,22)23)24-10-12-3-1-4-13(7-12)11-25-6-2-5-18(25)27/h1,3-4,7-9,24H,2,5-6,10-11H2. The molecule has 0 unspecified atom stereocenters. The molecule has 0 atom stereocenters. The first kappa shape index (κ1) is 20.9. The highest BCUT2D eigenvalue weighted by Gasteiger charge is 2.36. The van der Waals surface area contributed by atoms with E-state index in [9.17, 15) is 28.1 Å². The number of nitro benzene ring substituents is 1. The molecule has 29 heavy (non-hydrogen) atoms. The molecule has 6 nitrogen and oxygen atoms in total. The van der Waals surface area contributed by atoms with Crippen molar-refractivity contribution in [1.29, 1.82) is 0 Å². The van der Waals surface area contributed by atoms with Gasteiger partial charge in [-0.05, 0) is 23.6 Å². The van der Waals surface area contributed by atoms with E-state index in [-0.39, 0.29) is 18.1 Å². The second-order valence-corrected chi connectivity index (χ2v) is 7.10. The Kier molecular flexibility index (Phi) is 5.97. The number of amides is 1. The van der Waals surface area contributed by atoms with E-state index in [4.69, 9.17) is 11.6 Å². The highest BCUT2D eigenvalue weighted by atomic mass is 35.5. The first-order chi connectivity index (χ1) is 13.6. The number of carbonyl (C=O) groups excluding carboxylic acids is 1. The molecule has 0 spiro atoms. The van der Waals surface area contributed by atoms with Crippen LogP contribution in [0.4, 0.5) is 24.5 Å². The molecule has 2 aromatic carbocycles. The lowest BCUT2D eigenvalue weighted by Gasteiger charge is -2.16. The van der Waals surface area contributed by atoms with Gasteiger partial charge in [0.15, 0.2) is 0 Å². The number of rotatable bonds is 6. The van der Waals surface area contributed by atoms with Crippen molar-refractivity contribution in [3.8, 4) is 0 Å². The van der Waals surface area contributed by atoms with Gasteiger partial charge in [0.2, 0.25) is 5.91 Å². The van der Waals surface area contributed by atoms with Gasteiger partial charge in [-0.25, -0.2) is 0 Å². The van der Waals surface area contributed by atoms with E-state index in [1.807, 2.05) is 12.1 Å². The van der Waals surface area contributed by atoms with Gasteiger partial charge < -0.3 is 10.2 Å². The number of anilines is 1. The minimum absolute atomic E-state index is 0.101. The lowest BCUT2D eigenvalue weighted by molar-refractivity contribution is -0.384. The summed E-state index contributed by atoms with van der Waals surface area (Å²) < 4.78 is 38.9. The third kappa shape index (κ3) is 4.97. The number of nitro groups is 1. The number of nitrogens with one attached hydrogen (secondary N) is 1. The van der Waals surface area contributed by atoms with Gasteiger partial charge in [0.05, 0.1) is 15.5 Å². The summed E-state index contributed by atoms with van der Waals surface area (Å²) in [6.07, 6.45) is -3.42. The smallest absolute Gasteiger partial charge is 0.375 e. The fraction of sp³-hybridized carbons (Fsp3) is 0.316. The molecule has 0 bridgehead atoms. The SMILES string of the molecule is O=C1CCCN1Cc1cccc(CNc2cc(Cl)c(C(F)(F)F)cc2[N+](=O)[O-])c1. The predicted molar refractivity (Wildman–Crippen MR) is 102 cm³/mol. The van der Waals surface area contributed by atoms with Gasteiger partial charge in [0.1, 0.15) is 5.69 Å². The molecule has 2 aromatic rings. The Morgan fingerprint density at radius 3 is 2.55 bits per heavy atom. The van der Waals surface area contributed by atoms with Gasteiger partial charge in [0, 0.05) is 32.1 Å². The number of likely N-dealkylation sites (tertiary alicyclic amines) is 1. The molecule has 1 aliphatic heterocycles. The average molecular weight is 428 g/mol. The summed E-state index contributed by atoms with van der Waals surface area (Å²) in [5.41, 5.74) is -0.402. The summed E-state index contributed by atoms with van der Waals surface area (Å²) in [6.45, 7) is 1.32. The number of nitrogens with zero attached hydrogens (tertiary/aromatic N) is 2. The highest BCUT2D eigenvalue weighted by Crippen LogP contribution is 2.40. The lowest BCUT2D eigenvalue weighted by Crippen LogP contribution is -2.23. The Bertz CT molecular complexity index is 950. The van der Waals surface area contributed by atoms with E-state index in [1.165, 1.54) is 0 Å². The largest absolute Gasteiger partial charge is 0.418 e. The third-order valence-corrected chi connectivity index (χ3v) is 4.92.